The zero-order valence-corrected chi connectivity index (χ0v) is 15.1. The van der Waals surface area contributed by atoms with E-state index in [1.807, 2.05) is 37.3 Å². The van der Waals surface area contributed by atoms with Crippen LogP contribution in [-0.2, 0) is 0 Å². The second-order valence-corrected chi connectivity index (χ2v) is 6.17. The molecule has 4 aromatic rings. The largest absolute Gasteiger partial charge is 0.438 e. The summed E-state index contributed by atoms with van der Waals surface area (Å²) in [5.41, 5.74) is 2.30. The number of nitrogens with one attached hydrogen (secondary N) is 3. The lowest BCUT2D eigenvalue weighted by molar-refractivity contribution is 0.249. The van der Waals surface area contributed by atoms with Crippen LogP contribution in [0.15, 0.2) is 67.1 Å². The van der Waals surface area contributed by atoms with Crippen molar-refractivity contribution in [1.29, 1.82) is 0 Å². The van der Waals surface area contributed by atoms with Gasteiger partial charge in [0.05, 0.1) is 12.2 Å². The molecule has 0 spiro atoms. The molecule has 0 fully saturated rings. The summed E-state index contributed by atoms with van der Waals surface area (Å²) in [5.74, 6) is 0.999. The van der Waals surface area contributed by atoms with Gasteiger partial charge in [-0.15, -0.1) is 0 Å². The molecule has 0 radical (unpaired) electrons. The Bertz CT molecular complexity index is 1080. The van der Waals surface area contributed by atoms with Gasteiger partial charge in [-0.3, -0.25) is 5.10 Å². The summed E-state index contributed by atoms with van der Waals surface area (Å²) in [6.45, 7) is 1.93. The van der Waals surface area contributed by atoms with Crippen LogP contribution in [0.25, 0.3) is 11.0 Å². The van der Waals surface area contributed by atoms with E-state index >= 15 is 0 Å². The first-order valence-electron chi connectivity index (χ1n) is 8.73. The predicted molar refractivity (Wildman–Crippen MR) is 105 cm³/mol. The lowest BCUT2D eigenvalue weighted by Crippen LogP contribution is -2.31. The molecule has 0 unspecified atom stereocenters. The van der Waals surface area contributed by atoms with Crippen LogP contribution >= 0.6 is 0 Å². The molecule has 0 aliphatic heterocycles. The summed E-state index contributed by atoms with van der Waals surface area (Å²) in [4.78, 5) is 20.4. The fourth-order valence-corrected chi connectivity index (χ4v) is 2.73. The number of nitrogens with zero attached hydrogens (tertiary/aromatic N) is 3. The number of aromatic amines is 1. The Balaban J connectivity index is 1.38. The van der Waals surface area contributed by atoms with Gasteiger partial charge in [0.2, 0.25) is 5.88 Å². The number of anilines is 1. The molecule has 2 heterocycles. The molecule has 3 N–H and O–H groups in total. The van der Waals surface area contributed by atoms with Gasteiger partial charge in [-0.05, 0) is 36.8 Å². The molecule has 8 heteroatoms. The summed E-state index contributed by atoms with van der Waals surface area (Å²) >= 11 is 0. The summed E-state index contributed by atoms with van der Waals surface area (Å²) in [6, 6.07) is 16.4. The topological polar surface area (TPSA) is 105 Å². The van der Waals surface area contributed by atoms with Gasteiger partial charge in [0, 0.05) is 5.69 Å². The highest BCUT2D eigenvalue weighted by molar-refractivity contribution is 5.89. The molecule has 4 rings (SSSR count). The van der Waals surface area contributed by atoms with Gasteiger partial charge < -0.3 is 15.4 Å². The second-order valence-electron chi connectivity index (χ2n) is 6.17. The van der Waals surface area contributed by atoms with Gasteiger partial charge in [0.25, 0.3) is 0 Å². The predicted octanol–water partition coefficient (Wildman–Crippen LogP) is 4.03. The Hall–Kier alpha value is -3.94. The zero-order chi connectivity index (χ0) is 19.3. The molecule has 140 valence electrons. The van der Waals surface area contributed by atoms with Crippen molar-refractivity contribution in [3.8, 4) is 11.6 Å². The van der Waals surface area contributed by atoms with Crippen LogP contribution in [0.4, 0.5) is 10.5 Å². The van der Waals surface area contributed by atoms with E-state index in [0.29, 0.717) is 28.4 Å². The van der Waals surface area contributed by atoms with E-state index in [0.717, 1.165) is 5.56 Å². The van der Waals surface area contributed by atoms with Crippen LogP contribution in [0.2, 0.25) is 0 Å². The Kier molecular flexibility index (Phi) is 4.83. The normalized spacial score (nSPS) is 11.8. The summed E-state index contributed by atoms with van der Waals surface area (Å²) in [6.07, 6.45) is 3.02. The maximum atomic E-state index is 12.2. The molecule has 0 saturated carbocycles. The zero-order valence-electron chi connectivity index (χ0n) is 15.1. The van der Waals surface area contributed by atoms with E-state index < -0.39 is 0 Å². The third-order valence-electron chi connectivity index (χ3n) is 4.19. The molecule has 2 aromatic heterocycles. The number of urea groups is 1. The van der Waals surface area contributed by atoms with Crippen molar-refractivity contribution >= 4 is 22.8 Å². The number of amides is 2. The summed E-state index contributed by atoms with van der Waals surface area (Å²) in [5, 5.41) is 13.1. The maximum absolute atomic E-state index is 12.2. The first kappa shape index (κ1) is 17.5. The number of carbonyl (C=O) groups is 1. The van der Waals surface area contributed by atoms with Crippen LogP contribution in [0.3, 0.4) is 0 Å². The Labute approximate surface area is 161 Å². The molecule has 2 amide bonds. The smallest absolute Gasteiger partial charge is 0.319 e. The number of carbonyl (C=O) groups excluding carboxylic acids is 1. The number of aromatic nitrogens is 4. The quantitative estimate of drug-likeness (QED) is 0.489. The van der Waals surface area contributed by atoms with E-state index in [-0.39, 0.29) is 12.1 Å². The van der Waals surface area contributed by atoms with Crippen LogP contribution in [0.1, 0.15) is 18.5 Å². The highest BCUT2D eigenvalue weighted by atomic mass is 16.5. The van der Waals surface area contributed by atoms with E-state index in [4.69, 9.17) is 4.74 Å². The molecule has 0 aliphatic rings. The van der Waals surface area contributed by atoms with Gasteiger partial charge >= 0.3 is 6.03 Å². The molecule has 0 aliphatic carbocycles. The highest BCUT2D eigenvalue weighted by Crippen LogP contribution is 2.26. The molecule has 1 atom stereocenters. The first-order chi connectivity index (χ1) is 13.7. The third kappa shape index (κ3) is 3.90. The Morgan fingerprint density at radius 3 is 2.64 bits per heavy atom. The minimum Gasteiger partial charge on any atom is -0.438 e. The molecule has 8 nitrogen and oxygen atoms in total. The van der Waals surface area contributed by atoms with E-state index in [2.05, 4.69) is 30.8 Å². The number of hydrogen-bond donors (Lipinski definition) is 3. The number of rotatable bonds is 5. The van der Waals surface area contributed by atoms with Crippen molar-refractivity contribution in [2.45, 2.75) is 13.0 Å². The van der Waals surface area contributed by atoms with Crippen LogP contribution in [0, 0.1) is 0 Å². The fourth-order valence-electron chi connectivity index (χ4n) is 2.73. The first-order valence-corrected chi connectivity index (χ1v) is 8.73. The molecule has 0 bridgehead atoms. The molecule has 28 heavy (non-hydrogen) atoms. The van der Waals surface area contributed by atoms with Crippen LogP contribution in [0.5, 0.6) is 11.6 Å². The number of hydrogen-bond acceptors (Lipinski definition) is 5. The number of ether oxygens (including phenoxy) is 1. The standard InChI is InChI=1S/C20H18N6O2/c1-13(14-5-3-2-4-6-14)24-20(27)25-15-7-9-16(10-8-15)28-19-17-11-23-26-18(17)21-12-22-19/h2-13H,1H3,(H2,24,25,27)(H,21,22,23,26)/t13-/m0/s1. The molecular weight excluding hydrogens is 356 g/mol. The highest BCUT2D eigenvalue weighted by Gasteiger charge is 2.10. The monoisotopic (exact) mass is 374 g/mol. The van der Waals surface area contributed by atoms with Crippen LogP contribution in [-0.4, -0.2) is 26.2 Å². The maximum Gasteiger partial charge on any atom is 0.319 e. The van der Waals surface area contributed by atoms with Gasteiger partial charge in [0.1, 0.15) is 17.5 Å². The van der Waals surface area contributed by atoms with Crippen molar-refractivity contribution in [3.05, 3.63) is 72.7 Å². The van der Waals surface area contributed by atoms with Crippen LogP contribution < -0.4 is 15.4 Å². The average Bonchev–Trinajstić information content (AvgIpc) is 3.20. The summed E-state index contributed by atoms with van der Waals surface area (Å²) < 4.78 is 5.79. The van der Waals surface area contributed by atoms with E-state index in [1.165, 1.54) is 6.33 Å². The van der Waals surface area contributed by atoms with Gasteiger partial charge in [-0.25, -0.2) is 14.8 Å². The van der Waals surface area contributed by atoms with Gasteiger partial charge in [0.15, 0.2) is 5.65 Å². The molecular formula is C20H18N6O2. The van der Waals surface area contributed by atoms with E-state index in [9.17, 15) is 4.79 Å². The second kappa shape index (κ2) is 7.75. The SMILES string of the molecule is C[C@H](NC(=O)Nc1ccc(Oc2ncnc3[nH]ncc23)cc1)c1ccccc1. The van der Waals surface area contributed by atoms with Gasteiger partial charge in [-0.2, -0.15) is 5.10 Å². The number of fused-ring (bicyclic) bond motifs is 1. The van der Waals surface area contributed by atoms with Crippen molar-refractivity contribution in [2.24, 2.45) is 0 Å². The van der Waals surface area contributed by atoms with Gasteiger partial charge in [-0.1, -0.05) is 30.3 Å². The van der Waals surface area contributed by atoms with Crippen molar-refractivity contribution in [3.63, 3.8) is 0 Å². The van der Waals surface area contributed by atoms with Crippen molar-refractivity contribution in [1.82, 2.24) is 25.5 Å². The van der Waals surface area contributed by atoms with Crippen molar-refractivity contribution in [2.75, 3.05) is 5.32 Å². The Morgan fingerprint density at radius 1 is 1.07 bits per heavy atom. The molecule has 0 saturated heterocycles. The number of H-pyrrole nitrogens is 1. The number of benzene rings is 2. The van der Waals surface area contributed by atoms with E-state index in [1.54, 1.807) is 30.5 Å². The molecule has 2 aromatic carbocycles. The third-order valence-corrected chi connectivity index (χ3v) is 4.19. The lowest BCUT2D eigenvalue weighted by Gasteiger charge is -2.15. The fraction of sp³-hybridized carbons (Fsp3) is 0.100. The summed E-state index contributed by atoms with van der Waals surface area (Å²) in [7, 11) is 0. The minimum absolute atomic E-state index is 0.0982. The average molecular weight is 374 g/mol. The Morgan fingerprint density at radius 2 is 1.86 bits per heavy atom. The minimum atomic E-state index is -0.277. The lowest BCUT2D eigenvalue weighted by atomic mass is 10.1. The van der Waals surface area contributed by atoms with Crippen molar-refractivity contribution < 1.29 is 9.53 Å².